The third kappa shape index (κ3) is 2.62. The molecule has 5 heteroatoms. The molecule has 0 saturated heterocycles. The molecule has 0 radical (unpaired) electrons. The highest BCUT2D eigenvalue weighted by atomic mass is 32.2. The molecule has 0 fully saturated rings. The van der Waals surface area contributed by atoms with Gasteiger partial charge in [0.05, 0.1) is 17.3 Å². The van der Waals surface area contributed by atoms with E-state index in [9.17, 15) is 4.79 Å². The summed E-state index contributed by atoms with van der Waals surface area (Å²) in [5.74, 6) is -0.353. The Balaban J connectivity index is 2.10. The molecule has 1 aromatic carbocycles. The average molecular weight is 251 g/mol. The number of methoxy groups -OCH3 is 1. The summed E-state index contributed by atoms with van der Waals surface area (Å²) in [5.41, 5.74) is 0.987. The number of rotatable bonds is 3. The number of fused-ring (bicyclic) bond motifs is 1. The number of thiazole rings is 1. The van der Waals surface area contributed by atoms with Gasteiger partial charge in [0, 0.05) is 6.08 Å². The molecule has 0 saturated carbocycles. The molecule has 3 nitrogen and oxygen atoms in total. The topological polar surface area (TPSA) is 39.2 Å². The SMILES string of the molecule is COC(=O)C=CSc1nc2ccccc2s1. The van der Waals surface area contributed by atoms with Crippen molar-refractivity contribution in [2.24, 2.45) is 0 Å². The van der Waals surface area contributed by atoms with E-state index in [4.69, 9.17) is 0 Å². The van der Waals surface area contributed by atoms with Gasteiger partial charge < -0.3 is 4.74 Å². The Morgan fingerprint density at radius 3 is 3.06 bits per heavy atom. The second-order valence-electron chi connectivity index (χ2n) is 2.89. The summed E-state index contributed by atoms with van der Waals surface area (Å²) >= 11 is 3.02. The lowest BCUT2D eigenvalue weighted by Crippen LogP contribution is -1.92. The summed E-state index contributed by atoms with van der Waals surface area (Å²) in [6.07, 6.45) is 1.39. The summed E-state index contributed by atoms with van der Waals surface area (Å²) in [7, 11) is 1.36. The van der Waals surface area contributed by atoms with E-state index in [0.717, 1.165) is 14.6 Å². The lowest BCUT2D eigenvalue weighted by atomic mass is 10.3. The highest BCUT2D eigenvalue weighted by Gasteiger charge is 2.01. The van der Waals surface area contributed by atoms with E-state index >= 15 is 0 Å². The van der Waals surface area contributed by atoms with E-state index in [2.05, 4.69) is 9.72 Å². The molecule has 0 aliphatic carbocycles. The van der Waals surface area contributed by atoms with Gasteiger partial charge in [-0.15, -0.1) is 11.3 Å². The number of ether oxygens (including phenoxy) is 1. The van der Waals surface area contributed by atoms with Crippen molar-refractivity contribution < 1.29 is 9.53 Å². The van der Waals surface area contributed by atoms with Gasteiger partial charge >= 0.3 is 5.97 Å². The lowest BCUT2D eigenvalue weighted by Gasteiger charge is -1.88. The maximum atomic E-state index is 10.8. The van der Waals surface area contributed by atoms with Crippen LogP contribution in [0, 0.1) is 0 Å². The first kappa shape index (κ1) is 11.2. The highest BCUT2D eigenvalue weighted by Crippen LogP contribution is 2.29. The summed E-state index contributed by atoms with van der Waals surface area (Å²) in [4.78, 5) is 15.2. The van der Waals surface area contributed by atoms with Crippen LogP contribution in [0.2, 0.25) is 0 Å². The van der Waals surface area contributed by atoms with Crippen LogP contribution in [0.15, 0.2) is 40.1 Å². The Morgan fingerprint density at radius 1 is 1.50 bits per heavy atom. The van der Waals surface area contributed by atoms with E-state index in [1.54, 1.807) is 16.7 Å². The van der Waals surface area contributed by atoms with Gasteiger partial charge in [-0.3, -0.25) is 0 Å². The molecule has 0 unspecified atom stereocenters. The molecule has 0 spiro atoms. The molecule has 2 rings (SSSR count). The van der Waals surface area contributed by atoms with Crippen LogP contribution in [0.5, 0.6) is 0 Å². The lowest BCUT2D eigenvalue weighted by molar-refractivity contribution is -0.134. The van der Waals surface area contributed by atoms with Gasteiger partial charge in [-0.25, -0.2) is 9.78 Å². The maximum Gasteiger partial charge on any atom is 0.330 e. The number of carbonyl (C=O) groups excluding carboxylic acids is 1. The van der Waals surface area contributed by atoms with Crippen molar-refractivity contribution in [1.82, 2.24) is 4.98 Å². The fraction of sp³-hybridized carbons (Fsp3) is 0.0909. The second kappa shape index (κ2) is 5.14. The first-order chi connectivity index (χ1) is 7.79. The van der Waals surface area contributed by atoms with Crippen LogP contribution in [0.1, 0.15) is 0 Å². The predicted molar refractivity (Wildman–Crippen MR) is 66.6 cm³/mol. The van der Waals surface area contributed by atoms with E-state index in [1.807, 2.05) is 24.3 Å². The van der Waals surface area contributed by atoms with Crippen molar-refractivity contribution in [2.75, 3.05) is 7.11 Å². The zero-order chi connectivity index (χ0) is 11.4. The number of hydrogen-bond acceptors (Lipinski definition) is 5. The molecule has 0 atom stereocenters. The Labute approximate surface area is 101 Å². The first-order valence-electron chi connectivity index (χ1n) is 4.56. The predicted octanol–water partition coefficient (Wildman–Crippen LogP) is 3.08. The van der Waals surface area contributed by atoms with Crippen molar-refractivity contribution in [3.05, 3.63) is 35.7 Å². The fourth-order valence-electron chi connectivity index (χ4n) is 1.12. The van der Waals surface area contributed by atoms with Crippen LogP contribution >= 0.6 is 23.1 Å². The third-order valence-electron chi connectivity index (χ3n) is 1.85. The molecule has 0 amide bonds. The maximum absolute atomic E-state index is 10.8. The number of carbonyl (C=O) groups is 1. The van der Waals surface area contributed by atoms with Gasteiger partial charge in [0.2, 0.25) is 0 Å². The smallest absolute Gasteiger partial charge is 0.330 e. The standard InChI is InChI=1S/C11H9NO2S2/c1-14-10(13)6-7-15-11-12-8-4-2-3-5-9(8)16-11/h2-7H,1H3. The second-order valence-corrected chi connectivity index (χ2v) is 5.07. The molecule has 1 heterocycles. The van der Waals surface area contributed by atoms with Crippen LogP contribution in [-0.2, 0) is 9.53 Å². The Bertz CT molecular complexity index is 501. The van der Waals surface area contributed by atoms with E-state index < -0.39 is 0 Å². The zero-order valence-corrected chi connectivity index (χ0v) is 10.2. The fourth-order valence-corrected chi connectivity index (χ4v) is 2.89. The molecule has 16 heavy (non-hydrogen) atoms. The number of para-hydroxylation sites is 1. The monoisotopic (exact) mass is 251 g/mol. The number of esters is 1. The summed E-state index contributed by atoms with van der Waals surface area (Å²) < 4.78 is 6.56. The van der Waals surface area contributed by atoms with E-state index in [0.29, 0.717) is 0 Å². The van der Waals surface area contributed by atoms with Crippen molar-refractivity contribution in [3.63, 3.8) is 0 Å². The van der Waals surface area contributed by atoms with Crippen LogP contribution in [0.3, 0.4) is 0 Å². The molecular formula is C11H9NO2S2. The van der Waals surface area contributed by atoms with Crippen molar-refractivity contribution in [3.8, 4) is 0 Å². The quantitative estimate of drug-likeness (QED) is 0.477. The van der Waals surface area contributed by atoms with Gasteiger partial charge in [-0.05, 0) is 17.5 Å². The highest BCUT2D eigenvalue weighted by molar-refractivity contribution is 8.03. The largest absolute Gasteiger partial charge is 0.466 e. The molecule has 0 N–H and O–H groups in total. The summed E-state index contributed by atoms with van der Waals surface area (Å²) in [5, 5.41) is 1.68. The zero-order valence-electron chi connectivity index (χ0n) is 8.54. The van der Waals surface area contributed by atoms with Gasteiger partial charge in [0.1, 0.15) is 0 Å². The number of nitrogens with zero attached hydrogens (tertiary/aromatic N) is 1. The van der Waals surface area contributed by atoms with Gasteiger partial charge in [0.25, 0.3) is 0 Å². The molecular weight excluding hydrogens is 242 g/mol. The van der Waals surface area contributed by atoms with E-state index in [-0.39, 0.29) is 5.97 Å². The van der Waals surface area contributed by atoms with Crippen molar-refractivity contribution >= 4 is 39.3 Å². The average Bonchev–Trinajstić information content (AvgIpc) is 2.71. The Morgan fingerprint density at radius 2 is 2.31 bits per heavy atom. The minimum absolute atomic E-state index is 0.353. The third-order valence-corrected chi connectivity index (χ3v) is 3.78. The molecule has 0 aliphatic rings. The Kier molecular flexibility index (Phi) is 3.58. The van der Waals surface area contributed by atoms with Crippen LogP contribution < -0.4 is 0 Å². The number of benzene rings is 1. The molecule has 2 aromatic rings. The molecule has 0 aliphatic heterocycles. The van der Waals surface area contributed by atoms with Gasteiger partial charge in [0.15, 0.2) is 4.34 Å². The summed E-state index contributed by atoms with van der Waals surface area (Å²) in [6.45, 7) is 0. The Hall–Kier alpha value is -1.33. The number of thioether (sulfide) groups is 1. The minimum atomic E-state index is -0.353. The number of hydrogen-bond donors (Lipinski definition) is 0. The van der Waals surface area contributed by atoms with Gasteiger partial charge in [-0.1, -0.05) is 23.9 Å². The van der Waals surface area contributed by atoms with E-state index in [1.165, 1.54) is 24.9 Å². The molecule has 82 valence electrons. The van der Waals surface area contributed by atoms with Crippen LogP contribution in [0.25, 0.3) is 10.2 Å². The van der Waals surface area contributed by atoms with Crippen LogP contribution in [0.4, 0.5) is 0 Å². The summed E-state index contributed by atoms with van der Waals surface area (Å²) in [6, 6.07) is 7.95. The van der Waals surface area contributed by atoms with Crippen molar-refractivity contribution in [2.45, 2.75) is 4.34 Å². The number of aromatic nitrogens is 1. The molecule has 1 aromatic heterocycles. The van der Waals surface area contributed by atoms with Gasteiger partial charge in [-0.2, -0.15) is 0 Å². The normalized spacial score (nSPS) is 11.1. The minimum Gasteiger partial charge on any atom is -0.466 e. The first-order valence-corrected chi connectivity index (χ1v) is 6.26. The van der Waals surface area contributed by atoms with Crippen LogP contribution in [-0.4, -0.2) is 18.1 Å². The molecule has 0 bridgehead atoms. The van der Waals surface area contributed by atoms with Crippen molar-refractivity contribution in [1.29, 1.82) is 0 Å².